The molecule has 164 valence electrons. The van der Waals surface area contributed by atoms with Crippen LogP contribution in [0.3, 0.4) is 0 Å². The number of nitrogens with zero attached hydrogens (tertiary/aromatic N) is 2. The second-order valence-corrected chi connectivity index (χ2v) is 9.75. The van der Waals surface area contributed by atoms with Crippen molar-refractivity contribution in [1.29, 1.82) is 0 Å². The lowest BCUT2D eigenvalue weighted by Gasteiger charge is -2.20. The zero-order chi connectivity index (χ0) is 21.8. The van der Waals surface area contributed by atoms with Crippen molar-refractivity contribution >= 4 is 27.3 Å². The van der Waals surface area contributed by atoms with E-state index in [0.29, 0.717) is 28.8 Å². The lowest BCUT2D eigenvalue weighted by Crippen LogP contribution is -2.25. The predicted octanol–water partition coefficient (Wildman–Crippen LogP) is 5.61. The fraction of sp³-hybridized carbons (Fsp3) is 0.348. The summed E-state index contributed by atoms with van der Waals surface area (Å²) < 4.78 is 38.6. The Morgan fingerprint density at radius 3 is 2.26 bits per heavy atom. The van der Waals surface area contributed by atoms with E-state index in [4.69, 9.17) is 20.8 Å². The van der Waals surface area contributed by atoms with Crippen molar-refractivity contribution in [3.63, 3.8) is 0 Å². The number of halogens is 1. The average Bonchev–Trinajstić information content (AvgIpc) is 3.05. The topological polar surface area (TPSA) is 72.6 Å². The number of oxazole rings is 1. The van der Waals surface area contributed by atoms with Crippen LogP contribution in [0.2, 0.25) is 5.02 Å². The molecule has 1 aromatic heterocycles. The molecule has 0 unspecified atom stereocenters. The number of hydrogen-bond acceptors (Lipinski definition) is 6. The summed E-state index contributed by atoms with van der Waals surface area (Å²) in [5.41, 5.74) is 0.675. The van der Waals surface area contributed by atoms with Crippen LogP contribution in [0.25, 0.3) is 11.5 Å². The molecular weight excluding hydrogens is 436 g/mol. The van der Waals surface area contributed by atoms with Gasteiger partial charge in [0, 0.05) is 23.7 Å². The Labute approximate surface area is 187 Å². The lowest BCUT2D eigenvalue weighted by atomic mass is 10.2. The second-order valence-electron chi connectivity index (χ2n) is 7.45. The van der Waals surface area contributed by atoms with Crippen LogP contribution >= 0.6 is 11.6 Å². The number of ether oxygens (including phenoxy) is 1. The molecule has 0 radical (unpaired) electrons. The van der Waals surface area contributed by atoms with Crippen molar-refractivity contribution in [3.05, 3.63) is 53.6 Å². The molecule has 0 saturated carbocycles. The van der Waals surface area contributed by atoms with Crippen molar-refractivity contribution in [3.8, 4) is 17.2 Å². The van der Waals surface area contributed by atoms with Crippen LogP contribution in [0.1, 0.15) is 32.6 Å². The first-order chi connectivity index (χ1) is 15.0. The van der Waals surface area contributed by atoms with Gasteiger partial charge in [0.15, 0.2) is 0 Å². The van der Waals surface area contributed by atoms with E-state index in [1.54, 1.807) is 48.5 Å². The minimum atomic E-state index is -3.89. The van der Waals surface area contributed by atoms with E-state index in [9.17, 15) is 8.42 Å². The molecule has 3 aromatic rings. The molecular formula is C23H25ClN2O4S. The number of anilines is 1. The van der Waals surface area contributed by atoms with Crippen molar-refractivity contribution in [2.75, 3.05) is 24.6 Å². The maximum atomic E-state index is 13.5. The minimum Gasteiger partial charge on any atom is -0.494 e. The minimum absolute atomic E-state index is 0.0523. The van der Waals surface area contributed by atoms with Gasteiger partial charge in [-0.1, -0.05) is 24.4 Å². The molecule has 1 aliphatic rings. The smallest absolute Gasteiger partial charge is 0.236 e. The monoisotopic (exact) mass is 460 g/mol. The molecule has 0 spiro atoms. The molecule has 1 fully saturated rings. The number of aromatic nitrogens is 1. The number of sulfone groups is 1. The molecule has 2 heterocycles. The van der Waals surface area contributed by atoms with Crippen LogP contribution in [0.4, 0.5) is 5.88 Å². The Morgan fingerprint density at radius 1 is 1.00 bits per heavy atom. The summed E-state index contributed by atoms with van der Waals surface area (Å²) in [6.45, 7) is 3.87. The van der Waals surface area contributed by atoms with E-state index in [0.717, 1.165) is 38.8 Å². The Bertz CT molecular complexity index is 1120. The van der Waals surface area contributed by atoms with Crippen LogP contribution in [0.5, 0.6) is 5.75 Å². The highest BCUT2D eigenvalue weighted by atomic mass is 35.5. The summed E-state index contributed by atoms with van der Waals surface area (Å²) in [5.74, 6) is 1.19. The normalized spacial score (nSPS) is 15.0. The molecule has 1 saturated heterocycles. The Morgan fingerprint density at radius 2 is 1.65 bits per heavy atom. The molecule has 0 atom stereocenters. The SMILES string of the molecule is CCOc1ccc(S(=O)(=O)c2nc(-c3ccc(Cl)cc3)oc2N2CCCCCC2)cc1. The average molecular weight is 461 g/mol. The molecule has 0 N–H and O–H groups in total. The molecule has 4 rings (SSSR count). The highest BCUT2D eigenvalue weighted by Crippen LogP contribution is 2.36. The van der Waals surface area contributed by atoms with E-state index in [1.807, 2.05) is 11.8 Å². The van der Waals surface area contributed by atoms with Gasteiger partial charge in [0.05, 0.1) is 11.5 Å². The Balaban J connectivity index is 1.79. The fourth-order valence-corrected chi connectivity index (χ4v) is 5.10. The second kappa shape index (κ2) is 9.32. The maximum absolute atomic E-state index is 13.5. The summed E-state index contributed by atoms with van der Waals surface area (Å²) in [5, 5.41) is 0.536. The van der Waals surface area contributed by atoms with Crippen molar-refractivity contribution in [2.45, 2.75) is 42.5 Å². The maximum Gasteiger partial charge on any atom is 0.236 e. The van der Waals surface area contributed by atoms with Crippen LogP contribution in [-0.4, -0.2) is 33.1 Å². The summed E-state index contributed by atoms with van der Waals surface area (Å²) in [6.07, 6.45) is 4.21. The zero-order valence-electron chi connectivity index (χ0n) is 17.4. The summed E-state index contributed by atoms with van der Waals surface area (Å²) in [4.78, 5) is 6.61. The van der Waals surface area contributed by atoms with Crippen LogP contribution in [-0.2, 0) is 9.84 Å². The Kier molecular flexibility index (Phi) is 6.53. The molecule has 0 bridgehead atoms. The highest BCUT2D eigenvalue weighted by Gasteiger charge is 2.31. The first kappa shape index (κ1) is 21.7. The van der Waals surface area contributed by atoms with Crippen molar-refractivity contribution in [1.82, 2.24) is 4.98 Å². The van der Waals surface area contributed by atoms with Gasteiger partial charge >= 0.3 is 0 Å². The van der Waals surface area contributed by atoms with Crippen LogP contribution in [0, 0.1) is 0 Å². The molecule has 0 amide bonds. The van der Waals surface area contributed by atoms with Gasteiger partial charge < -0.3 is 14.1 Å². The van der Waals surface area contributed by atoms with Crippen LogP contribution < -0.4 is 9.64 Å². The van der Waals surface area contributed by atoms with Gasteiger partial charge in [-0.25, -0.2) is 8.42 Å². The molecule has 31 heavy (non-hydrogen) atoms. The molecule has 1 aliphatic heterocycles. The first-order valence-corrected chi connectivity index (χ1v) is 12.3. The first-order valence-electron chi connectivity index (χ1n) is 10.5. The van der Waals surface area contributed by atoms with Gasteiger partial charge in [0.25, 0.3) is 0 Å². The summed E-state index contributed by atoms with van der Waals surface area (Å²) in [6, 6.07) is 13.4. The van der Waals surface area contributed by atoms with Crippen molar-refractivity contribution in [2.24, 2.45) is 0 Å². The van der Waals surface area contributed by atoms with Gasteiger partial charge in [-0.2, -0.15) is 4.98 Å². The van der Waals surface area contributed by atoms with E-state index in [2.05, 4.69) is 4.98 Å². The van der Waals surface area contributed by atoms with Gasteiger partial charge in [0.1, 0.15) is 5.75 Å². The van der Waals surface area contributed by atoms with Gasteiger partial charge in [-0.3, -0.25) is 0 Å². The molecule has 2 aromatic carbocycles. The van der Waals surface area contributed by atoms with E-state index >= 15 is 0 Å². The third-order valence-electron chi connectivity index (χ3n) is 5.26. The van der Waals surface area contributed by atoms with E-state index in [-0.39, 0.29) is 15.8 Å². The standard InChI is InChI=1S/C23H25ClN2O4S/c1-2-29-19-11-13-20(14-12-19)31(27,28)22-23(26-15-5-3-4-6-16-26)30-21(25-22)17-7-9-18(24)10-8-17/h7-14H,2-6,15-16H2,1H3. The highest BCUT2D eigenvalue weighted by molar-refractivity contribution is 7.91. The number of benzene rings is 2. The van der Waals surface area contributed by atoms with E-state index in [1.165, 1.54) is 0 Å². The Hall–Kier alpha value is -2.51. The third kappa shape index (κ3) is 4.72. The van der Waals surface area contributed by atoms with Gasteiger partial charge in [-0.15, -0.1) is 0 Å². The molecule has 8 heteroatoms. The van der Waals surface area contributed by atoms with Crippen LogP contribution in [0.15, 0.2) is 62.9 Å². The zero-order valence-corrected chi connectivity index (χ0v) is 19.0. The molecule has 0 aliphatic carbocycles. The third-order valence-corrected chi connectivity index (χ3v) is 7.18. The molecule has 6 nitrogen and oxygen atoms in total. The lowest BCUT2D eigenvalue weighted by molar-refractivity contribution is 0.340. The van der Waals surface area contributed by atoms with E-state index < -0.39 is 9.84 Å². The van der Waals surface area contributed by atoms with Gasteiger partial charge in [0.2, 0.25) is 26.6 Å². The van der Waals surface area contributed by atoms with Crippen molar-refractivity contribution < 1.29 is 17.6 Å². The predicted molar refractivity (Wildman–Crippen MR) is 121 cm³/mol. The summed E-state index contributed by atoms with van der Waals surface area (Å²) >= 11 is 6.00. The number of hydrogen-bond donors (Lipinski definition) is 0. The quantitative estimate of drug-likeness (QED) is 0.476. The fourth-order valence-electron chi connectivity index (χ4n) is 3.66. The summed E-state index contributed by atoms with van der Waals surface area (Å²) in [7, 11) is -3.89. The largest absolute Gasteiger partial charge is 0.494 e. The van der Waals surface area contributed by atoms with Gasteiger partial charge in [-0.05, 0) is 68.3 Å². The number of rotatable bonds is 6.